The van der Waals surface area contributed by atoms with Gasteiger partial charge >= 0.3 is 0 Å². The summed E-state index contributed by atoms with van der Waals surface area (Å²) in [6.45, 7) is 6.91. The summed E-state index contributed by atoms with van der Waals surface area (Å²) in [4.78, 5) is 24.5. The van der Waals surface area contributed by atoms with Crippen LogP contribution < -0.4 is 9.62 Å². The summed E-state index contributed by atoms with van der Waals surface area (Å²) in [5.41, 5.74) is 2.95. The molecule has 0 radical (unpaired) electrons. The van der Waals surface area contributed by atoms with Crippen molar-refractivity contribution < 1.29 is 13.2 Å². The number of nitrogens with zero attached hydrogens (tertiary/aromatic N) is 3. The molecule has 1 aliphatic rings. The zero-order valence-corrected chi connectivity index (χ0v) is 23.6. The highest BCUT2D eigenvalue weighted by molar-refractivity contribution is 7.90. The molecule has 2 aromatic carbocycles. The van der Waals surface area contributed by atoms with E-state index in [0.717, 1.165) is 31.4 Å². The van der Waals surface area contributed by atoms with E-state index in [4.69, 9.17) is 4.98 Å². The highest BCUT2D eigenvalue weighted by Crippen LogP contribution is 2.29. The van der Waals surface area contributed by atoms with Crippen LogP contribution in [0.5, 0.6) is 0 Å². The monoisotopic (exact) mass is 534 g/mol. The van der Waals surface area contributed by atoms with Crippen molar-refractivity contribution in [3.05, 3.63) is 83.2 Å². The number of nitrogens with one attached hydrogen (secondary N) is 1. The molecule has 4 rings (SSSR count). The number of anilines is 1. The Balaban J connectivity index is 1.54. The van der Waals surface area contributed by atoms with Crippen molar-refractivity contribution in [3.8, 4) is 0 Å². The molecule has 1 saturated carbocycles. The van der Waals surface area contributed by atoms with Gasteiger partial charge < -0.3 is 4.90 Å². The van der Waals surface area contributed by atoms with Gasteiger partial charge in [0.05, 0.1) is 16.2 Å². The van der Waals surface area contributed by atoms with Crippen LogP contribution in [0.15, 0.2) is 65.7 Å². The van der Waals surface area contributed by atoms with Gasteiger partial charge in [-0.25, -0.2) is 23.1 Å². The molecule has 1 N–H and O–H groups in total. The fourth-order valence-electron chi connectivity index (χ4n) is 4.84. The average molecular weight is 535 g/mol. The molecule has 0 aliphatic heterocycles. The molecule has 38 heavy (non-hydrogen) atoms. The number of rotatable bonds is 9. The molecular weight excluding hydrogens is 496 g/mol. The highest BCUT2D eigenvalue weighted by Gasteiger charge is 2.26. The van der Waals surface area contributed by atoms with Crippen LogP contribution in [0.25, 0.3) is 0 Å². The third kappa shape index (κ3) is 6.98. The van der Waals surface area contributed by atoms with Crippen LogP contribution in [0.3, 0.4) is 0 Å². The normalized spacial score (nSPS) is 14.4. The Kier molecular flexibility index (Phi) is 8.51. The Morgan fingerprint density at radius 3 is 2.32 bits per heavy atom. The topological polar surface area (TPSA) is 92.3 Å². The Bertz CT molecular complexity index is 1340. The van der Waals surface area contributed by atoms with Crippen LogP contribution in [-0.2, 0) is 28.3 Å². The SMILES string of the molecule is CN(CCc1ccccc1)c1ncc(C(=O)NS(=O)(=O)c2ccc(C(C)(C)C)cc2)c(CC2CCCC2)n1. The molecular formula is C30H38N4O3S. The molecule has 3 aromatic rings. The summed E-state index contributed by atoms with van der Waals surface area (Å²) < 4.78 is 28.3. The van der Waals surface area contributed by atoms with Crippen LogP contribution in [0.4, 0.5) is 5.95 Å². The quantitative estimate of drug-likeness (QED) is 0.400. The summed E-state index contributed by atoms with van der Waals surface area (Å²) in [6, 6.07) is 16.9. The first kappa shape index (κ1) is 27.8. The molecule has 1 fully saturated rings. The molecule has 1 aliphatic carbocycles. The van der Waals surface area contributed by atoms with Gasteiger partial charge in [0.15, 0.2) is 0 Å². The Labute approximate surface area is 226 Å². The lowest BCUT2D eigenvalue weighted by atomic mass is 9.87. The Morgan fingerprint density at radius 1 is 1.03 bits per heavy atom. The zero-order chi connectivity index (χ0) is 27.3. The second kappa shape index (κ2) is 11.6. The maximum atomic E-state index is 13.3. The van der Waals surface area contributed by atoms with E-state index in [-0.39, 0.29) is 15.9 Å². The third-order valence-corrected chi connectivity index (χ3v) is 8.58. The van der Waals surface area contributed by atoms with E-state index in [1.165, 1.54) is 36.7 Å². The Hall–Kier alpha value is -3.26. The molecule has 0 bridgehead atoms. The fraction of sp³-hybridized carbons (Fsp3) is 0.433. The number of amides is 1. The molecule has 1 aromatic heterocycles. The molecule has 0 unspecified atom stereocenters. The maximum absolute atomic E-state index is 13.3. The van der Waals surface area contributed by atoms with Gasteiger partial charge in [0.1, 0.15) is 0 Å². The van der Waals surface area contributed by atoms with Crippen LogP contribution in [0, 0.1) is 5.92 Å². The van der Waals surface area contributed by atoms with Crippen molar-refractivity contribution in [1.82, 2.24) is 14.7 Å². The number of sulfonamides is 1. The molecule has 202 valence electrons. The van der Waals surface area contributed by atoms with Gasteiger partial charge in [-0.05, 0) is 47.4 Å². The lowest BCUT2D eigenvalue weighted by Crippen LogP contribution is -2.32. The van der Waals surface area contributed by atoms with Gasteiger partial charge in [0.2, 0.25) is 5.95 Å². The maximum Gasteiger partial charge on any atom is 0.268 e. The number of carbonyl (C=O) groups excluding carboxylic acids is 1. The van der Waals surface area contributed by atoms with Gasteiger partial charge in [-0.1, -0.05) is 88.9 Å². The summed E-state index contributed by atoms with van der Waals surface area (Å²) in [6.07, 6.45) is 7.45. The molecule has 0 atom stereocenters. The van der Waals surface area contributed by atoms with E-state index < -0.39 is 15.9 Å². The number of carbonyl (C=O) groups is 1. The summed E-state index contributed by atoms with van der Waals surface area (Å²) in [7, 11) is -2.11. The first-order chi connectivity index (χ1) is 18.0. The lowest BCUT2D eigenvalue weighted by molar-refractivity contribution is 0.0979. The van der Waals surface area contributed by atoms with Crippen LogP contribution in [-0.4, -0.2) is 37.9 Å². The van der Waals surface area contributed by atoms with Gasteiger partial charge in [-0.3, -0.25) is 4.79 Å². The first-order valence-corrected chi connectivity index (χ1v) is 14.8. The minimum absolute atomic E-state index is 0.0503. The number of hydrogen-bond acceptors (Lipinski definition) is 6. The second-order valence-corrected chi connectivity index (χ2v) is 12.9. The van der Waals surface area contributed by atoms with Crippen LogP contribution in [0.1, 0.15) is 73.6 Å². The minimum atomic E-state index is -4.05. The minimum Gasteiger partial charge on any atom is -0.344 e. The van der Waals surface area contributed by atoms with E-state index in [2.05, 4.69) is 42.6 Å². The predicted octanol–water partition coefficient (Wildman–Crippen LogP) is 5.30. The standard InChI is InChI=1S/C30H38N4O3S/c1-30(2,3)24-14-16-25(17-15-24)38(36,37)33-28(35)26-21-31-29(32-27(26)20-23-12-8-9-13-23)34(4)19-18-22-10-6-5-7-11-22/h5-7,10-11,14-17,21,23H,8-9,12-13,18-20H2,1-4H3,(H,33,35). The molecule has 1 heterocycles. The van der Waals surface area contributed by atoms with Gasteiger partial charge in [0, 0.05) is 19.8 Å². The average Bonchev–Trinajstić information content (AvgIpc) is 3.40. The summed E-state index contributed by atoms with van der Waals surface area (Å²) in [5.74, 6) is 0.267. The zero-order valence-electron chi connectivity index (χ0n) is 22.8. The Morgan fingerprint density at radius 2 is 1.68 bits per heavy atom. The molecule has 7 nitrogen and oxygen atoms in total. The van der Waals surface area contributed by atoms with Crippen molar-refractivity contribution in [1.29, 1.82) is 0 Å². The molecule has 1 amide bonds. The van der Waals surface area contributed by atoms with Gasteiger partial charge in [0.25, 0.3) is 15.9 Å². The molecule has 0 spiro atoms. The summed E-state index contributed by atoms with van der Waals surface area (Å²) in [5, 5.41) is 0. The van der Waals surface area contributed by atoms with E-state index in [1.807, 2.05) is 30.1 Å². The summed E-state index contributed by atoms with van der Waals surface area (Å²) >= 11 is 0. The smallest absolute Gasteiger partial charge is 0.268 e. The van der Waals surface area contributed by atoms with Crippen LogP contribution >= 0.6 is 0 Å². The number of aromatic nitrogens is 2. The number of hydrogen-bond donors (Lipinski definition) is 1. The lowest BCUT2D eigenvalue weighted by Gasteiger charge is -2.20. The van der Waals surface area contributed by atoms with Gasteiger partial charge in [-0.2, -0.15) is 0 Å². The number of likely N-dealkylation sites (N-methyl/N-ethyl adjacent to an activating group) is 1. The highest BCUT2D eigenvalue weighted by atomic mass is 32.2. The van der Waals surface area contributed by atoms with Crippen molar-refractivity contribution >= 4 is 21.9 Å². The van der Waals surface area contributed by atoms with Crippen LogP contribution in [0.2, 0.25) is 0 Å². The first-order valence-electron chi connectivity index (χ1n) is 13.3. The van der Waals surface area contributed by atoms with E-state index in [1.54, 1.807) is 12.1 Å². The van der Waals surface area contributed by atoms with Gasteiger partial charge in [-0.15, -0.1) is 0 Å². The van der Waals surface area contributed by atoms with Crippen molar-refractivity contribution in [3.63, 3.8) is 0 Å². The second-order valence-electron chi connectivity index (χ2n) is 11.3. The predicted molar refractivity (Wildman–Crippen MR) is 151 cm³/mol. The van der Waals surface area contributed by atoms with Crippen molar-refractivity contribution in [2.24, 2.45) is 5.92 Å². The van der Waals surface area contributed by atoms with Crippen molar-refractivity contribution in [2.75, 3.05) is 18.5 Å². The van der Waals surface area contributed by atoms with E-state index >= 15 is 0 Å². The molecule has 8 heteroatoms. The third-order valence-electron chi connectivity index (χ3n) is 7.23. The largest absolute Gasteiger partial charge is 0.344 e. The van der Waals surface area contributed by atoms with E-state index in [0.29, 0.717) is 24.0 Å². The molecule has 0 saturated heterocycles. The van der Waals surface area contributed by atoms with E-state index in [9.17, 15) is 13.2 Å². The van der Waals surface area contributed by atoms with Crippen molar-refractivity contribution in [2.45, 2.75) is 69.6 Å². The number of benzene rings is 2. The fourth-order valence-corrected chi connectivity index (χ4v) is 5.80.